The van der Waals surface area contributed by atoms with E-state index in [4.69, 9.17) is 0 Å². The predicted octanol–water partition coefficient (Wildman–Crippen LogP) is 10.0. The fourth-order valence-corrected chi connectivity index (χ4v) is 6.57. The summed E-state index contributed by atoms with van der Waals surface area (Å²) in [5.41, 5.74) is 8.91. The van der Waals surface area contributed by atoms with Crippen LogP contribution in [0.25, 0.3) is 71.3 Å². The Kier molecular flexibility index (Phi) is 5.76. The number of rotatable bonds is 5. The molecule has 0 spiro atoms. The molecule has 0 saturated carbocycles. The van der Waals surface area contributed by atoms with E-state index in [1.165, 1.54) is 5.56 Å². The summed E-state index contributed by atoms with van der Waals surface area (Å²) in [5, 5.41) is 6.44. The van der Waals surface area contributed by atoms with Gasteiger partial charge in [0.05, 0.1) is 16.7 Å². The second-order valence-electron chi connectivity index (χ2n) is 10.9. The molecule has 43 heavy (non-hydrogen) atoms. The van der Waals surface area contributed by atoms with Gasteiger partial charge < -0.3 is 4.57 Å². The van der Waals surface area contributed by atoms with Crippen LogP contribution in [0.4, 0.5) is 0 Å². The van der Waals surface area contributed by atoms with Crippen molar-refractivity contribution in [3.8, 4) is 27.9 Å². The first-order valence-corrected chi connectivity index (χ1v) is 14.3. The molecular formula is C40H25NO2. The maximum atomic E-state index is 11.8. The van der Waals surface area contributed by atoms with Gasteiger partial charge in [-0.25, -0.2) is 0 Å². The van der Waals surface area contributed by atoms with E-state index < -0.39 is 0 Å². The lowest BCUT2D eigenvalue weighted by Gasteiger charge is -2.20. The molecule has 0 radical (unpaired) electrons. The van der Waals surface area contributed by atoms with Crippen molar-refractivity contribution in [3.63, 3.8) is 0 Å². The van der Waals surface area contributed by atoms with Crippen molar-refractivity contribution in [2.75, 3.05) is 0 Å². The van der Waals surface area contributed by atoms with Gasteiger partial charge in [-0.2, -0.15) is 0 Å². The molecule has 7 aromatic carbocycles. The van der Waals surface area contributed by atoms with Crippen LogP contribution in [-0.2, 0) is 0 Å². The first-order valence-electron chi connectivity index (χ1n) is 14.3. The number of nitrogens with zero attached hydrogens (tertiary/aromatic N) is 1. The Hall–Kier alpha value is -5.80. The summed E-state index contributed by atoms with van der Waals surface area (Å²) < 4.78 is 2.30. The van der Waals surface area contributed by atoms with Gasteiger partial charge in [-0.3, -0.25) is 9.59 Å². The molecule has 0 unspecified atom stereocenters. The largest absolute Gasteiger partial charge is 0.308 e. The molecule has 1 heterocycles. The lowest BCUT2D eigenvalue weighted by molar-refractivity contribution is 0.111. The Bertz CT molecular complexity index is 2300. The zero-order valence-electron chi connectivity index (χ0n) is 23.2. The van der Waals surface area contributed by atoms with Crippen LogP contribution in [0.15, 0.2) is 140 Å². The van der Waals surface area contributed by atoms with Crippen molar-refractivity contribution in [2.24, 2.45) is 0 Å². The number of hydrogen-bond acceptors (Lipinski definition) is 2. The second kappa shape index (κ2) is 9.93. The van der Waals surface area contributed by atoms with Crippen LogP contribution in [0.5, 0.6) is 0 Å². The van der Waals surface area contributed by atoms with Crippen molar-refractivity contribution >= 4 is 55.9 Å². The van der Waals surface area contributed by atoms with Gasteiger partial charge >= 0.3 is 0 Å². The minimum atomic E-state index is 0.602. The standard InChI is InChI=1S/C40H25NO2/c42-24-26-15-19-37-34(21-26)35-22-27(25-43)16-20-38(35)41(37)40-32-14-8-7-13-31(32)39(29-11-5-2-6-12-29)36-23-30(17-18-33(36)40)28-9-3-1-4-10-28/h1-25H. The fraction of sp³-hybridized carbons (Fsp3) is 0. The minimum Gasteiger partial charge on any atom is -0.308 e. The van der Waals surface area contributed by atoms with E-state index in [0.717, 1.165) is 78.3 Å². The third-order valence-corrected chi connectivity index (χ3v) is 8.47. The van der Waals surface area contributed by atoms with Crippen molar-refractivity contribution in [1.82, 2.24) is 4.57 Å². The Labute approximate surface area is 248 Å². The van der Waals surface area contributed by atoms with Gasteiger partial charge in [0, 0.05) is 32.7 Å². The summed E-state index contributed by atoms with van der Waals surface area (Å²) in [6.07, 6.45) is 1.74. The highest BCUT2D eigenvalue weighted by Gasteiger charge is 2.21. The lowest BCUT2D eigenvalue weighted by atomic mass is 9.88. The highest BCUT2D eigenvalue weighted by atomic mass is 16.1. The van der Waals surface area contributed by atoms with Gasteiger partial charge in [-0.15, -0.1) is 0 Å². The van der Waals surface area contributed by atoms with Crippen molar-refractivity contribution < 1.29 is 9.59 Å². The van der Waals surface area contributed by atoms with E-state index in [9.17, 15) is 9.59 Å². The Morgan fingerprint density at radius 1 is 0.395 bits per heavy atom. The maximum absolute atomic E-state index is 11.8. The lowest BCUT2D eigenvalue weighted by Crippen LogP contribution is -1.99. The molecule has 8 rings (SSSR count). The van der Waals surface area contributed by atoms with Crippen LogP contribution in [0.3, 0.4) is 0 Å². The van der Waals surface area contributed by atoms with Crippen molar-refractivity contribution in [3.05, 3.63) is 151 Å². The number of aromatic nitrogens is 1. The van der Waals surface area contributed by atoms with Crippen LogP contribution in [0.1, 0.15) is 20.7 Å². The average Bonchev–Trinajstić information content (AvgIpc) is 3.40. The topological polar surface area (TPSA) is 39.1 Å². The molecule has 0 aliphatic rings. The normalized spacial score (nSPS) is 11.4. The molecule has 0 atom stereocenters. The summed E-state index contributed by atoms with van der Waals surface area (Å²) in [6.45, 7) is 0. The monoisotopic (exact) mass is 551 g/mol. The number of hydrogen-bond donors (Lipinski definition) is 0. The fourth-order valence-electron chi connectivity index (χ4n) is 6.57. The predicted molar refractivity (Wildman–Crippen MR) is 177 cm³/mol. The van der Waals surface area contributed by atoms with E-state index in [1.54, 1.807) is 0 Å². The summed E-state index contributed by atoms with van der Waals surface area (Å²) in [7, 11) is 0. The van der Waals surface area contributed by atoms with E-state index in [2.05, 4.69) is 102 Å². The molecule has 1 aromatic heterocycles. The van der Waals surface area contributed by atoms with Crippen LogP contribution in [0.2, 0.25) is 0 Å². The summed E-state index contributed by atoms with van der Waals surface area (Å²) in [6, 6.07) is 48.0. The quantitative estimate of drug-likeness (QED) is 0.158. The van der Waals surface area contributed by atoms with E-state index in [1.807, 2.05) is 42.5 Å². The molecule has 3 nitrogen and oxygen atoms in total. The highest BCUT2D eigenvalue weighted by molar-refractivity contribution is 6.21. The minimum absolute atomic E-state index is 0.602. The zero-order valence-corrected chi connectivity index (χ0v) is 23.2. The van der Waals surface area contributed by atoms with E-state index in [0.29, 0.717) is 11.1 Å². The van der Waals surface area contributed by atoms with Gasteiger partial charge in [-0.05, 0) is 75.5 Å². The highest BCUT2D eigenvalue weighted by Crippen LogP contribution is 2.45. The van der Waals surface area contributed by atoms with Crippen molar-refractivity contribution in [1.29, 1.82) is 0 Å². The second-order valence-corrected chi connectivity index (χ2v) is 10.9. The summed E-state index contributed by atoms with van der Waals surface area (Å²) in [4.78, 5) is 23.6. The van der Waals surface area contributed by atoms with Gasteiger partial charge in [0.1, 0.15) is 12.6 Å². The molecule has 0 amide bonds. The average molecular weight is 552 g/mol. The molecule has 3 heteroatoms. The van der Waals surface area contributed by atoms with Gasteiger partial charge in [-0.1, -0.05) is 97.1 Å². The van der Waals surface area contributed by atoms with E-state index in [-0.39, 0.29) is 0 Å². The molecule has 0 aliphatic heterocycles. The first kappa shape index (κ1) is 25.0. The SMILES string of the molecule is O=Cc1ccc2c(c1)c1cc(C=O)ccc1n2-c1c2ccccc2c(-c2ccccc2)c2cc(-c3ccccc3)ccc12. The maximum Gasteiger partial charge on any atom is 0.150 e. The van der Waals surface area contributed by atoms with Crippen LogP contribution in [0, 0.1) is 0 Å². The van der Waals surface area contributed by atoms with Crippen molar-refractivity contribution in [2.45, 2.75) is 0 Å². The van der Waals surface area contributed by atoms with E-state index >= 15 is 0 Å². The number of benzene rings is 7. The van der Waals surface area contributed by atoms with Crippen LogP contribution >= 0.6 is 0 Å². The number of carbonyl (C=O) groups excluding carboxylic acids is 2. The smallest absolute Gasteiger partial charge is 0.150 e. The Balaban J connectivity index is 1.59. The number of fused-ring (bicyclic) bond motifs is 5. The first-order chi connectivity index (χ1) is 21.2. The van der Waals surface area contributed by atoms with Crippen LogP contribution in [-0.4, -0.2) is 17.1 Å². The molecule has 0 saturated heterocycles. The molecule has 0 fully saturated rings. The summed E-state index contributed by atoms with van der Waals surface area (Å²) >= 11 is 0. The van der Waals surface area contributed by atoms with Crippen LogP contribution < -0.4 is 0 Å². The molecule has 0 N–H and O–H groups in total. The molecular weight excluding hydrogens is 526 g/mol. The molecule has 8 aromatic rings. The molecule has 202 valence electrons. The number of aldehydes is 2. The third kappa shape index (κ3) is 3.90. The van der Waals surface area contributed by atoms with Gasteiger partial charge in [0.25, 0.3) is 0 Å². The molecule has 0 bridgehead atoms. The van der Waals surface area contributed by atoms with Gasteiger partial charge in [0.15, 0.2) is 0 Å². The summed E-state index contributed by atoms with van der Waals surface area (Å²) in [5.74, 6) is 0. The third-order valence-electron chi connectivity index (χ3n) is 8.47. The Morgan fingerprint density at radius 3 is 1.53 bits per heavy atom. The number of carbonyl (C=O) groups is 2. The Morgan fingerprint density at radius 2 is 0.930 bits per heavy atom. The zero-order chi connectivity index (χ0) is 28.9. The molecule has 0 aliphatic carbocycles. The van der Waals surface area contributed by atoms with Gasteiger partial charge in [0.2, 0.25) is 0 Å².